The van der Waals surface area contributed by atoms with Gasteiger partial charge in [-0.2, -0.15) is 0 Å². The fourth-order valence-corrected chi connectivity index (χ4v) is 3.25. The number of halogens is 2. The van der Waals surface area contributed by atoms with Crippen LogP contribution in [0.5, 0.6) is 0 Å². The Morgan fingerprint density at radius 1 is 0.935 bits per heavy atom. The first-order chi connectivity index (χ1) is 14.8. The third kappa shape index (κ3) is 8.90. The lowest BCUT2D eigenvalue weighted by Crippen LogP contribution is -2.48. The van der Waals surface area contributed by atoms with Crippen molar-refractivity contribution in [2.24, 2.45) is 0 Å². The third-order valence-electron chi connectivity index (χ3n) is 4.77. The molecule has 1 unspecified atom stereocenters. The predicted octanol–water partition coefficient (Wildman–Crippen LogP) is 4.88. The molecule has 0 fully saturated rings. The second-order valence-corrected chi connectivity index (χ2v) is 8.56. The van der Waals surface area contributed by atoms with Gasteiger partial charge in [0.1, 0.15) is 6.04 Å². The van der Waals surface area contributed by atoms with Gasteiger partial charge in [-0.3, -0.25) is 9.59 Å². The Hall–Kier alpha value is -2.08. The van der Waals surface area contributed by atoms with E-state index >= 15 is 0 Å². The van der Waals surface area contributed by atoms with Gasteiger partial charge in [-0.25, -0.2) is 0 Å². The summed E-state index contributed by atoms with van der Waals surface area (Å²) >= 11 is 11.9. The largest absolute Gasteiger partial charge is 0.379 e. The van der Waals surface area contributed by atoms with Gasteiger partial charge in [-0.1, -0.05) is 47.5 Å². The minimum absolute atomic E-state index is 0.136. The molecule has 0 spiro atoms. The summed E-state index contributed by atoms with van der Waals surface area (Å²) in [5.74, 6) is -0.328. The highest BCUT2D eigenvalue weighted by Crippen LogP contribution is 2.16. The number of carbonyl (C=O) groups is 2. The summed E-state index contributed by atoms with van der Waals surface area (Å²) in [4.78, 5) is 27.5. The summed E-state index contributed by atoms with van der Waals surface area (Å²) < 4.78 is 5.50. The number of nitrogens with zero attached hydrogens (tertiary/aromatic N) is 1. The molecule has 0 saturated heterocycles. The zero-order valence-corrected chi connectivity index (χ0v) is 19.7. The molecule has 2 rings (SSSR count). The van der Waals surface area contributed by atoms with Crippen molar-refractivity contribution in [3.05, 3.63) is 69.7 Å². The molecular formula is C24H30Cl2N2O3. The van der Waals surface area contributed by atoms with Gasteiger partial charge in [0.25, 0.3) is 0 Å². The molecule has 0 aromatic heterocycles. The molecule has 7 heteroatoms. The molecular weight excluding hydrogens is 435 g/mol. The number of benzene rings is 2. The van der Waals surface area contributed by atoms with E-state index in [0.717, 1.165) is 11.1 Å². The molecule has 31 heavy (non-hydrogen) atoms. The number of rotatable bonds is 11. The van der Waals surface area contributed by atoms with Gasteiger partial charge in [0.15, 0.2) is 0 Å². The SMILES string of the molecule is CC(C)OCCCNC(=O)C(C)N(Cc1ccc(Cl)cc1)C(=O)Cc1ccc(Cl)cc1. The molecule has 0 radical (unpaired) electrons. The monoisotopic (exact) mass is 464 g/mol. The first kappa shape index (κ1) is 25.2. The van der Waals surface area contributed by atoms with Gasteiger partial charge in [-0.15, -0.1) is 0 Å². The second kappa shape index (κ2) is 12.7. The summed E-state index contributed by atoms with van der Waals surface area (Å²) in [6, 6.07) is 13.8. The Morgan fingerprint density at radius 2 is 1.48 bits per heavy atom. The molecule has 168 valence electrons. The van der Waals surface area contributed by atoms with Gasteiger partial charge in [0.05, 0.1) is 12.5 Å². The number of nitrogens with one attached hydrogen (secondary N) is 1. The van der Waals surface area contributed by atoms with Gasteiger partial charge in [-0.05, 0) is 62.6 Å². The second-order valence-electron chi connectivity index (χ2n) is 7.69. The molecule has 0 heterocycles. The van der Waals surface area contributed by atoms with Crippen LogP contribution in [0.3, 0.4) is 0 Å². The minimum atomic E-state index is -0.624. The van der Waals surface area contributed by atoms with Crippen LogP contribution in [-0.2, 0) is 27.3 Å². The van der Waals surface area contributed by atoms with E-state index in [2.05, 4.69) is 5.32 Å². The van der Waals surface area contributed by atoms with Crippen LogP contribution in [0.2, 0.25) is 10.0 Å². The maximum absolute atomic E-state index is 13.1. The van der Waals surface area contributed by atoms with Crippen molar-refractivity contribution >= 4 is 35.0 Å². The van der Waals surface area contributed by atoms with Crippen LogP contribution in [0.4, 0.5) is 0 Å². The quantitative estimate of drug-likeness (QED) is 0.481. The standard InChI is InChI=1S/C24H30Cl2N2O3/c1-17(2)31-14-4-13-27-24(30)18(3)28(16-20-7-11-22(26)12-8-20)23(29)15-19-5-9-21(25)10-6-19/h5-12,17-18H,4,13-16H2,1-3H3,(H,27,30). The van der Waals surface area contributed by atoms with Gasteiger partial charge >= 0.3 is 0 Å². The average Bonchev–Trinajstić information content (AvgIpc) is 2.73. The van der Waals surface area contributed by atoms with Crippen molar-refractivity contribution in [2.75, 3.05) is 13.2 Å². The van der Waals surface area contributed by atoms with Crippen molar-refractivity contribution in [1.82, 2.24) is 10.2 Å². The predicted molar refractivity (Wildman–Crippen MR) is 125 cm³/mol. The van der Waals surface area contributed by atoms with E-state index in [1.807, 2.05) is 38.1 Å². The number of amides is 2. The van der Waals surface area contributed by atoms with E-state index in [4.69, 9.17) is 27.9 Å². The van der Waals surface area contributed by atoms with Crippen LogP contribution in [0.15, 0.2) is 48.5 Å². The minimum Gasteiger partial charge on any atom is -0.379 e. The van der Waals surface area contributed by atoms with Crippen LogP contribution < -0.4 is 5.32 Å². The highest BCUT2D eigenvalue weighted by atomic mass is 35.5. The van der Waals surface area contributed by atoms with Crippen LogP contribution in [0, 0.1) is 0 Å². The topological polar surface area (TPSA) is 58.6 Å². The fourth-order valence-electron chi connectivity index (χ4n) is 3.00. The maximum Gasteiger partial charge on any atom is 0.242 e. The Kier molecular flexibility index (Phi) is 10.3. The van der Waals surface area contributed by atoms with Crippen molar-refractivity contribution < 1.29 is 14.3 Å². The fraction of sp³-hybridized carbons (Fsp3) is 0.417. The van der Waals surface area contributed by atoms with Gasteiger partial charge in [0.2, 0.25) is 11.8 Å². The maximum atomic E-state index is 13.1. The first-order valence-corrected chi connectivity index (χ1v) is 11.2. The number of hydrogen-bond donors (Lipinski definition) is 1. The van der Waals surface area contributed by atoms with Crippen molar-refractivity contribution in [3.8, 4) is 0 Å². The van der Waals surface area contributed by atoms with E-state index in [9.17, 15) is 9.59 Å². The van der Waals surface area contributed by atoms with Crippen LogP contribution in [-0.4, -0.2) is 42.0 Å². The molecule has 0 bridgehead atoms. The summed E-state index contributed by atoms with van der Waals surface area (Å²) in [5, 5.41) is 4.14. The smallest absolute Gasteiger partial charge is 0.242 e. The van der Waals surface area contributed by atoms with E-state index in [1.54, 1.807) is 36.1 Å². The van der Waals surface area contributed by atoms with E-state index in [1.165, 1.54) is 0 Å². The zero-order valence-electron chi connectivity index (χ0n) is 18.2. The van der Waals surface area contributed by atoms with Crippen LogP contribution >= 0.6 is 23.2 Å². The van der Waals surface area contributed by atoms with Crippen LogP contribution in [0.1, 0.15) is 38.3 Å². The summed E-state index contributed by atoms with van der Waals surface area (Å²) in [7, 11) is 0. The van der Waals surface area contributed by atoms with E-state index in [-0.39, 0.29) is 24.3 Å². The Balaban J connectivity index is 2.06. The van der Waals surface area contributed by atoms with Gasteiger partial charge in [0, 0.05) is 29.7 Å². The molecule has 1 N–H and O–H groups in total. The normalized spacial score (nSPS) is 11.9. The molecule has 2 aromatic rings. The molecule has 1 atom stereocenters. The lowest BCUT2D eigenvalue weighted by atomic mass is 10.1. The number of carbonyl (C=O) groups excluding carboxylic acids is 2. The molecule has 2 aromatic carbocycles. The average molecular weight is 465 g/mol. The molecule has 5 nitrogen and oxygen atoms in total. The van der Waals surface area contributed by atoms with Crippen molar-refractivity contribution in [3.63, 3.8) is 0 Å². The highest BCUT2D eigenvalue weighted by Gasteiger charge is 2.26. The first-order valence-electron chi connectivity index (χ1n) is 10.4. The highest BCUT2D eigenvalue weighted by molar-refractivity contribution is 6.30. The molecule has 0 saturated carbocycles. The summed E-state index contributed by atoms with van der Waals surface area (Å²) in [5.41, 5.74) is 1.74. The lowest BCUT2D eigenvalue weighted by Gasteiger charge is -2.29. The summed E-state index contributed by atoms with van der Waals surface area (Å²) in [6.45, 7) is 7.08. The van der Waals surface area contributed by atoms with E-state index < -0.39 is 6.04 Å². The molecule has 2 amide bonds. The van der Waals surface area contributed by atoms with Crippen molar-refractivity contribution in [2.45, 2.75) is 52.3 Å². The number of hydrogen-bond acceptors (Lipinski definition) is 3. The Labute approximate surface area is 194 Å². The van der Waals surface area contributed by atoms with Crippen LogP contribution in [0.25, 0.3) is 0 Å². The van der Waals surface area contributed by atoms with Crippen molar-refractivity contribution in [1.29, 1.82) is 0 Å². The Morgan fingerprint density at radius 3 is 2.03 bits per heavy atom. The van der Waals surface area contributed by atoms with E-state index in [0.29, 0.717) is 36.2 Å². The third-order valence-corrected chi connectivity index (χ3v) is 5.28. The molecule has 0 aliphatic rings. The zero-order chi connectivity index (χ0) is 22.8. The molecule has 0 aliphatic heterocycles. The molecule has 0 aliphatic carbocycles. The number of ether oxygens (including phenoxy) is 1. The lowest BCUT2D eigenvalue weighted by molar-refractivity contribution is -0.140. The van der Waals surface area contributed by atoms with Gasteiger partial charge < -0.3 is 15.0 Å². The summed E-state index contributed by atoms with van der Waals surface area (Å²) in [6.07, 6.45) is 1.06. The Bertz CT molecular complexity index is 839.